The Kier molecular flexibility index (Phi) is 4.62. The highest BCUT2D eigenvalue weighted by Crippen LogP contribution is 2.29. The smallest absolute Gasteiger partial charge is 0.319 e. The van der Waals surface area contributed by atoms with Gasteiger partial charge in [0.05, 0.1) is 6.04 Å². The summed E-state index contributed by atoms with van der Waals surface area (Å²) in [7, 11) is 0. The number of primary amides is 1. The molecule has 7 heteroatoms. The summed E-state index contributed by atoms with van der Waals surface area (Å²) in [5, 5.41) is 6.07. The summed E-state index contributed by atoms with van der Waals surface area (Å²) in [5.74, 6) is -0.375. The van der Waals surface area contributed by atoms with Gasteiger partial charge in [-0.3, -0.25) is 4.79 Å². The molecule has 0 aliphatic heterocycles. The fraction of sp³-hybridized carbons (Fsp3) is 0.158. The topological polar surface area (TPSA) is 97.4 Å². The summed E-state index contributed by atoms with van der Waals surface area (Å²) in [6.45, 7) is 3.58. The second-order valence-electron chi connectivity index (χ2n) is 6.00. The molecule has 0 aliphatic carbocycles. The SMILES string of the molecule is Cc1c(C(C)NC(=O)Nc2cccc(C(N)=O)c2)oc2ccc(F)cc12. The predicted octanol–water partition coefficient (Wildman–Crippen LogP) is 3.86. The molecule has 0 fully saturated rings. The lowest BCUT2D eigenvalue weighted by Crippen LogP contribution is -2.31. The van der Waals surface area contributed by atoms with E-state index in [1.165, 1.54) is 18.2 Å². The molecule has 0 saturated carbocycles. The van der Waals surface area contributed by atoms with Crippen molar-refractivity contribution in [3.05, 3.63) is 65.2 Å². The van der Waals surface area contributed by atoms with E-state index in [4.69, 9.17) is 10.2 Å². The van der Waals surface area contributed by atoms with Gasteiger partial charge in [-0.25, -0.2) is 9.18 Å². The maximum absolute atomic E-state index is 13.4. The van der Waals surface area contributed by atoms with E-state index in [0.717, 1.165) is 5.56 Å². The average Bonchev–Trinajstić information content (AvgIpc) is 2.91. The van der Waals surface area contributed by atoms with Gasteiger partial charge in [0.1, 0.15) is 17.2 Å². The molecule has 2 aromatic carbocycles. The van der Waals surface area contributed by atoms with Crippen molar-refractivity contribution in [2.24, 2.45) is 5.73 Å². The van der Waals surface area contributed by atoms with E-state index in [-0.39, 0.29) is 5.82 Å². The lowest BCUT2D eigenvalue weighted by molar-refractivity contribution is 0.1000. The summed E-state index contributed by atoms with van der Waals surface area (Å²) < 4.78 is 19.2. The van der Waals surface area contributed by atoms with Crippen LogP contribution in [0.3, 0.4) is 0 Å². The van der Waals surface area contributed by atoms with Gasteiger partial charge in [-0.15, -0.1) is 0 Å². The van der Waals surface area contributed by atoms with Crippen LogP contribution in [0, 0.1) is 12.7 Å². The van der Waals surface area contributed by atoms with E-state index < -0.39 is 18.0 Å². The zero-order valence-electron chi connectivity index (χ0n) is 14.3. The zero-order valence-corrected chi connectivity index (χ0v) is 14.3. The van der Waals surface area contributed by atoms with Crippen molar-refractivity contribution in [3.63, 3.8) is 0 Å². The molecule has 0 aliphatic rings. The van der Waals surface area contributed by atoms with Crippen LogP contribution in [-0.4, -0.2) is 11.9 Å². The Hall–Kier alpha value is -3.35. The van der Waals surface area contributed by atoms with E-state index in [1.54, 1.807) is 31.2 Å². The van der Waals surface area contributed by atoms with E-state index in [1.807, 2.05) is 6.92 Å². The summed E-state index contributed by atoms with van der Waals surface area (Å²) in [4.78, 5) is 23.4. The standard InChI is InChI=1S/C19H18FN3O3/c1-10-15-9-13(20)6-7-16(15)26-17(10)11(2)22-19(25)23-14-5-3-4-12(8-14)18(21)24/h3-9,11H,1-2H3,(H2,21,24)(H2,22,23,25). The average molecular weight is 355 g/mol. The first-order chi connectivity index (χ1) is 12.3. The maximum Gasteiger partial charge on any atom is 0.319 e. The quantitative estimate of drug-likeness (QED) is 0.663. The number of carbonyl (C=O) groups is 2. The second-order valence-corrected chi connectivity index (χ2v) is 6.00. The Balaban J connectivity index is 1.74. The van der Waals surface area contributed by atoms with Crippen molar-refractivity contribution in [2.45, 2.75) is 19.9 Å². The molecular weight excluding hydrogens is 337 g/mol. The number of furan rings is 1. The number of halogens is 1. The summed E-state index contributed by atoms with van der Waals surface area (Å²) in [6.07, 6.45) is 0. The van der Waals surface area contributed by atoms with Crippen molar-refractivity contribution >= 4 is 28.6 Å². The van der Waals surface area contributed by atoms with Crippen LogP contribution in [0.4, 0.5) is 14.9 Å². The van der Waals surface area contributed by atoms with Gasteiger partial charge in [-0.05, 0) is 50.2 Å². The Morgan fingerprint density at radius 2 is 1.96 bits per heavy atom. The fourth-order valence-electron chi connectivity index (χ4n) is 2.80. The minimum atomic E-state index is -0.576. The van der Waals surface area contributed by atoms with E-state index >= 15 is 0 Å². The number of hydrogen-bond acceptors (Lipinski definition) is 3. The summed E-state index contributed by atoms with van der Waals surface area (Å²) in [6, 6.07) is 9.69. The Morgan fingerprint density at radius 1 is 1.19 bits per heavy atom. The molecule has 1 atom stereocenters. The molecule has 134 valence electrons. The van der Waals surface area contributed by atoms with Gasteiger partial charge < -0.3 is 20.8 Å². The number of rotatable bonds is 4. The maximum atomic E-state index is 13.4. The van der Waals surface area contributed by atoms with E-state index in [0.29, 0.717) is 28.0 Å². The molecule has 1 aromatic heterocycles. The van der Waals surface area contributed by atoms with Crippen molar-refractivity contribution in [1.29, 1.82) is 0 Å². The molecule has 6 nitrogen and oxygen atoms in total. The normalized spacial score (nSPS) is 12.0. The van der Waals surface area contributed by atoms with Gasteiger partial charge in [0, 0.05) is 22.2 Å². The number of hydrogen-bond donors (Lipinski definition) is 3. The largest absolute Gasteiger partial charge is 0.459 e. The van der Waals surface area contributed by atoms with Crippen molar-refractivity contribution in [1.82, 2.24) is 5.32 Å². The monoisotopic (exact) mass is 355 g/mol. The van der Waals surface area contributed by atoms with Gasteiger partial charge in [0.25, 0.3) is 0 Å². The number of nitrogens with two attached hydrogens (primary N) is 1. The van der Waals surface area contributed by atoms with Crippen LogP contribution in [0.25, 0.3) is 11.0 Å². The van der Waals surface area contributed by atoms with Crippen LogP contribution >= 0.6 is 0 Å². The summed E-state index contributed by atoms with van der Waals surface area (Å²) >= 11 is 0. The Bertz CT molecular complexity index is 997. The molecular formula is C19H18FN3O3. The van der Waals surface area contributed by atoms with Gasteiger partial charge >= 0.3 is 6.03 Å². The predicted molar refractivity (Wildman–Crippen MR) is 96.4 cm³/mol. The molecule has 1 heterocycles. The van der Waals surface area contributed by atoms with Crippen molar-refractivity contribution in [2.75, 3.05) is 5.32 Å². The molecule has 0 bridgehead atoms. The molecule has 3 amide bonds. The highest BCUT2D eigenvalue weighted by molar-refractivity contribution is 5.96. The molecule has 1 unspecified atom stereocenters. The van der Waals surface area contributed by atoms with Gasteiger partial charge in [0.15, 0.2) is 0 Å². The molecule has 0 radical (unpaired) electrons. The third kappa shape index (κ3) is 3.51. The van der Waals surface area contributed by atoms with E-state index in [9.17, 15) is 14.0 Å². The third-order valence-electron chi connectivity index (χ3n) is 4.08. The van der Waals surface area contributed by atoms with Gasteiger partial charge in [-0.1, -0.05) is 6.07 Å². The Labute approximate surface area is 149 Å². The minimum absolute atomic E-state index is 0.297. The minimum Gasteiger partial charge on any atom is -0.459 e. The lowest BCUT2D eigenvalue weighted by atomic mass is 10.1. The first-order valence-corrected chi connectivity index (χ1v) is 8.01. The van der Waals surface area contributed by atoms with Gasteiger partial charge in [0.2, 0.25) is 5.91 Å². The number of nitrogens with one attached hydrogen (secondary N) is 2. The number of anilines is 1. The first kappa shape index (κ1) is 17.5. The van der Waals surface area contributed by atoms with Crippen LogP contribution in [0.5, 0.6) is 0 Å². The molecule has 0 spiro atoms. The number of amides is 3. The molecule has 26 heavy (non-hydrogen) atoms. The molecule has 3 aromatic rings. The van der Waals surface area contributed by atoms with Crippen LogP contribution in [-0.2, 0) is 0 Å². The molecule has 0 saturated heterocycles. The number of benzene rings is 2. The third-order valence-corrected chi connectivity index (χ3v) is 4.08. The van der Waals surface area contributed by atoms with Crippen molar-refractivity contribution in [3.8, 4) is 0 Å². The highest BCUT2D eigenvalue weighted by atomic mass is 19.1. The van der Waals surface area contributed by atoms with Crippen LogP contribution in [0.15, 0.2) is 46.9 Å². The van der Waals surface area contributed by atoms with Crippen LogP contribution in [0.1, 0.15) is 34.6 Å². The van der Waals surface area contributed by atoms with Crippen molar-refractivity contribution < 1.29 is 18.4 Å². The molecule has 3 rings (SSSR count). The Morgan fingerprint density at radius 3 is 2.69 bits per heavy atom. The fourth-order valence-corrected chi connectivity index (χ4v) is 2.80. The second kappa shape index (κ2) is 6.87. The van der Waals surface area contributed by atoms with E-state index in [2.05, 4.69) is 10.6 Å². The summed E-state index contributed by atoms with van der Waals surface area (Å²) in [5.41, 5.74) is 7.29. The number of carbonyl (C=O) groups excluding carboxylic acids is 2. The van der Waals surface area contributed by atoms with Gasteiger partial charge in [-0.2, -0.15) is 0 Å². The number of fused-ring (bicyclic) bond motifs is 1. The van der Waals surface area contributed by atoms with Crippen LogP contribution in [0.2, 0.25) is 0 Å². The highest BCUT2D eigenvalue weighted by Gasteiger charge is 2.19. The molecule has 4 N–H and O–H groups in total. The lowest BCUT2D eigenvalue weighted by Gasteiger charge is -2.14. The number of urea groups is 1. The first-order valence-electron chi connectivity index (χ1n) is 8.01. The number of aryl methyl sites for hydroxylation is 1. The zero-order chi connectivity index (χ0) is 18.8. The van der Waals surface area contributed by atoms with Crippen LogP contribution < -0.4 is 16.4 Å².